The maximum absolute atomic E-state index is 13.5. The standard InChI is InChI=1S/C29H23BrN6O2/c1-17-21(14-18-8-11-20(12-9-18)34(2)3)29(38)36(33-17)26(37)16-35-25-13-10-19(30)15-22(25)27-28(35)32-24-7-5-4-6-23(24)31-27/h4-15H,16H2,1-3H3. The van der Waals surface area contributed by atoms with E-state index in [1.165, 1.54) is 0 Å². The average Bonchev–Trinajstić information content (AvgIpc) is 3.35. The molecule has 0 unspecified atom stereocenters. The van der Waals surface area contributed by atoms with Crippen molar-refractivity contribution in [1.82, 2.24) is 19.5 Å². The summed E-state index contributed by atoms with van der Waals surface area (Å²) in [7, 11) is 3.94. The van der Waals surface area contributed by atoms with Crippen molar-refractivity contribution >= 4 is 78.3 Å². The fraction of sp³-hybridized carbons (Fsp3) is 0.138. The van der Waals surface area contributed by atoms with Crippen LogP contribution in [0.2, 0.25) is 0 Å². The number of hydrazone groups is 1. The molecular formula is C29H23BrN6O2. The molecule has 0 spiro atoms. The van der Waals surface area contributed by atoms with Crippen LogP contribution in [0.1, 0.15) is 12.5 Å². The van der Waals surface area contributed by atoms with Gasteiger partial charge in [-0.05, 0) is 61.0 Å². The highest BCUT2D eigenvalue weighted by Gasteiger charge is 2.33. The van der Waals surface area contributed by atoms with Crippen molar-refractivity contribution < 1.29 is 9.59 Å². The lowest BCUT2D eigenvalue weighted by molar-refractivity contribution is -0.141. The number of benzene rings is 3. The highest BCUT2D eigenvalue weighted by Crippen LogP contribution is 2.31. The van der Waals surface area contributed by atoms with Crippen molar-refractivity contribution in [2.45, 2.75) is 13.5 Å². The molecule has 38 heavy (non-hydrogen) atoms. The third kappa shape index (κ3) is 4.05. The number of carbonyl (C=O) groups is 2. The van der Waals surface area contributed by atoms with Crippen LogP contribution in [0.4, 0.5) is 5.69 Å². The quantitative estimate of drug-likeness (QED) is 0.272. The van der Waals surface area contributed by atoms with Crippen LogP contribution in [0.3, 0.4) is 0 Å². The highest BCUT2D eigenvalue weighted by molar-refractivity contribution is 9.10. The minimum atomic E-state index is -0.447. The van der Waals surface area contributed by atoms with Crippen molar-refractivity contribution in [1.29, 1.82) is 0 Å². The van der Waals surface area contributed by atoms with Gasteiger partial charge in [0, 0.05) is 29.6 Å². The first-order chi connectivity index (χ1) is 18.3. The molecule has 6 rings (SSSR count). The Morgan fingerprint density at radius 1 is 1.00 bits per heavy atom. The number of hydrogen-bond acceptors (Lipinski definition) is 6. The molecule has 2 amide bonds. The second-order valence-corrected chi connectivity index (χ2v) is 10.3. The Labute approximate surface area is 227 Å². The van der Waals surface area contributed by atoms with Crippen molar-refractivity contribution in [3.05, 3.63) is 82.3 Å². The number of nitrogens with zero attached hydrogens (tertiary/aromatic N) is 6. The van der Waals surface area contributed by atoms with Crippen LogP contribution in [-0.4, -0.2) is 51.2 Å². The Morgan fingerprint density at radius 3 is 2.42 bits per heavy atom. The van der Waals surface area contributed by atoms with Crippen molar-refractivity contribution in [2.75, 3.05) is 19.0 Å². The zero-order valence-electron chi connectivity index (χ0n) is 21.0. The number of amides is 2. The molecule has 9 heteroatoms. The SMILES string of the molecule is CC1=NN(C(=O)Cn2c3ccc(Br)cc3c3nc4ccccc4nc32)C(=O)C1=Cc1ccc(N(C)C)cc1. The maximum Gasteiger partial charge on any atom is 0.283 e. The molecule has 0 saturated carbocycles. The van der Waals surface area contributed by atoms with E-state index < -0.39 is 11.8 Å². The number of aromatic nitrogens is 3. The van der Waals surface area contributed by atoms with E-state index in [0.717, 1.165) is 42.7 Å². The van der Waals surface area contributed by atoms with E-state index in [0.29, 0.717) is 22.4 Å². The predicted octanol–water partition coefficient (Wildman–Crippen LogP) is 5.39. The van der Waals surface area contributed by atoms with Crippen molar-refractivity contribution in [2.24, 2.45) is 5.10 Å². The summed E-state index contributed by atoms with van der Waals surface area (Å²) >= 11 is 3.54. The lowest BCUT2D eigenvalue weighted by Gasteiger charge is -2.13. The normalized spacial score (nSPS) is 14.7. The van der Waals surface area contributed by atoms with Gasteiger partial charge in [0.05, 0.1) is 27.8 Å². The van der Waals surface area contributed by atoms with Gasteiger partial charge in [0.2, 0.25) is 0 Å². The van der Waals surface area contributed by atoms with Gasteiger partial charge in [-0.3, -0.25) is 9.59 Å². The summed E-state index contributed by atoms with van der Waals surface area (Å²) in [6.45, 7) is 1.63. The van der Waals surface area contributed by atoms with E-state index in [-0.39, 0.29) is 6.54 Å². The molecular weight excluding hydrogens is 544 g/mol. The Hall–Kier alpha value is -4.37. The van der Waals surface area contributed by atoms with Gasteiger partial charge in [-0.15, -0.1) is 0 Å². The third-order valence-corrected chi connectivity index (χ3v) is 7.12. The predicted molar refractivity (Wildman–Crippen MR) is 154 cm³/mol. The van der Waals surface area contributed by atoms with Crippen LogP contribution >= 0.6 is 15.9 Å². The van der Waals surface area contributed by atoms with Crippen LogP contribution in [0.25, 0.3) is 39.2 Å². The molecule has 188 valence electrons. The molecule has 0 atom stereocenters. The maximum atomic E-state index is 13.5. The third-order valence-electron chi connectivity index (χ3n) is 6.62. The van der Waals surface area contributed by atoms with Crippen LogP contribution in [0, 0.1) is 0 Å². The smallest absolute Gasteiger partial charge is 0.283 e. The van der Waals surface area contributed by atoms with Gasteiger partial charge in [0.15, 0.2) is 5.65 Å². The van der Waals surface area contributed by atoms with Crippen LogP contribution < -0.4 is 4.90 Å². The summed E-state index contributed by atoms with van der Waals surface area (Å²) in [5.41, 5.74) is 6.39. The van der Waals surface area contributed by atoms with Crippen LogP contribution in [-0.2, 0) is 16.1 Å². The van der Waals surface area contributed by atoms with Gasteiger partial charge in [-0.2, -0.15) is 10.1 Å². The molecule has 3 aromatic carbocycles. The number of rotatable bonds is 4. The minimum Gasteiger partial charge on any atom is -0.378 e. The number of para-hydroxylation sites is 2. The lowest BCUT2D eigenvalue weighted by Crippen LogP contribution is -2.32. The molecule has 1 aliphatic rings. The van der Waals surface area contributed by atoms with Crippen molar-refractivity contribution in [3.63, 3.8) is 0 Å². The second kappa shape index (κ2) is 9.18. The van der Waals surface area contributed by atoms with Gasteiger partial charge in [0.25, 0.3) is 11.8 Å². The molecule has 0 N–H and O–H groups in total. The molecule has 1 aliphatic heterocycles. The first-order valence-corrected chi connectivity index (χ1v) is 12.9. The molecule has 0 radical (unpaired) electrons. The zero-order valence-corrected chi connectivity index (χ0v) is 22.6. The van der Waals surface area contributed by atoms with Gasteiger partial charge in [0.1, 0.15) is 12.1 Å². The lowest BCUT2D eigenvalue weighted by atomic mass is 10.1. The number of imide groups is 1. The number of anilines is 1. The molecule has 8 nitrogen and oxygen atoms in total. The van der Waals surface area contributed by atoms with Crippen molar-refractivity contribution in [3.8, 4) is 0 Å². The van der Waals surface area contributed by atoms with Gasteiger partial charge in [-0.25, -0.2) is 9.97 Å². The fourth-order valence-electron chi connectivity index (χ4n) is 4.66. The highest BCUT2D eigenvalue weighted by atomic mass is 79.9. The largest absolute Gasteiger partial charge is 0.378 e. The van der Waals surface area contributed by atoms with Gasteiger partial charge < -0.3 is 9.47 Å². The molecule has 5 aromatic rings. The Kier molecular flexibility index (Phi) is 5.80. The Morgan fingerprint density at radius 2 is 1.71 bits per heavy atom. The summed E-state index contributed by atoms with van der Waals surface area (Å²) in [5, 5.41) is 6.14. The minimum absolute atomic E-state index is 0.109. The van der Waals surface area contributed by atoms with E-state index in [2.05, 4.69) is 21.0 Å². The van der Waals surface area contributed by atoms with E-state index in [1.807, 2.05) is 85.7 Å². The summed E-state index contributed by atoms with van der Waals surface area (Å²) in [6.07, 6.45) is 1.77. The van der Waals surface area contributed by atoms with Gasteiger partial charge in [-0.1, -0.05) is 40.2 Å². The van der Waals surface area contributed by atoms with E-state index in [4.69, 9.17) is 9.97 Å². The molecule has 0 bridgehead atoms. The number of hydrogen-bond donors (Lipinski definition) is 0. The van der Waals surface area contributed by atoms with E-state index in [1.54, 1.807) is 17.6 Å². The Bertz CT molecular complexity index is 1840. The second-order valence-electron chi connectivity index (χ2n) is 9.37. The topological polar surface area (TPSA) is 83.7 Å². The Balaban J connectivity index is 1.36. The molecule has 0 saturated heterocycles. The zero-order chi connectivity index (χ0) is 26.6. The van der Waals surface area contributed by atoms with Crippen LogP contribution in [0.5, 0.6) is 0 Å². The first-order valence-electron chi connectivity index (χ1n) is 12.1. The fourth-order valence-corrected chi connectivity index (χ4v) is 5.02. The summed E-state index contributed by atoms with van der Waals surface area (Å²) in [5.74, 6) is -0.887. The molecule has 3 heterocycles. The molecule has 0 fully saturated rings. The molecule has 2 aromatic heterocycles. The number of fused-ring (bicyclic) bond motifs is 4. The van der Waals surface area contributed by atoms with Gasteiger partial charge >= 0.3 is 0 Å². The summed E-state index contributed by atoms with van der Waals surface area (Å²) < 4.78 is 2.70. The number of halogens is 1. The summed E-state index contributed by atoms with van der Waals surface area (Å²) in [6, 6.07) is 21.3. The summed E-state index contributed by atoms with van der Waals surface area (Å²) in [4.78, 5) is 38.4. The van der Waals surface area contributed by atoms with Crippen LogP contribution in [0.15, 0.2) is 81.9 Å². The molecule has 0 aliphatic carbocycles. The monoisotopic (exact) mass is 566 g/mol. The van der Waals surface area contributed by atoms with E-state index in [9.17, 15) is 9.59 Å². The number of carbonyl (C=O) groups excluding carboxylic acids is 2. The first kappa shape index (κ1) is 24.0. The average molecular weight is 567 g/mol. The van der Waals surface area contributed by atoms with E-state index >= 15 is 0 Å².